The molecule has 0 heterocycles. The molecule has 172 valence electrons. The Morgan fingerprint density at radius 3 is 1.97 bits per heavy atom. The Bertz CT molecular complexity index is 1250. The summed E-state index contributed by atoms with van der Waals surface area (Å²) in [6.45, 7) is 0.0583. The van der Waals surface area contributed by atoms with Crippen LogP contribution in [0.15, 0.2) is 83.8 Å². The third-order valence-corrected chi connectivity index (χ3v) is 5.88. The van der Waals surface area contributed by atoms with Crippen molar-refractivity contribution in [3.8, 4) is 0 Å². The van der Waals surface area contributed by atoms with Crippen LogP contribution < -0.4 is 15.6 Å². The zero-order valence-corrected chi connectivity index (χ0v) is 17.7. The molecule has 0 aliphatic rings. The Morgan fingerprint density at radius 2 is 1.36 bits per heavy atom. The molecule has 0 aromatic heterocycles. The molecule has 0 saturated carbocycles. The number of alkyl halides is 3. The van der Waals surface area contributed by atoms with Crippen molar-refractivity contribution in [2.75, 3.05) is 0 Å². The van der Waals surface area contributed by atoms with Gasteiger partial charge in [0.15, 0.2) is 0 Å². The predicted octanol–water partition coefficient (Wildman–Crippen LogP) is 3.26. The van der Waals surface area contributed by atoms with Gasteiger partial charge >= 0.3 is 6.18 Å². The molecular weight excluding hydrogens is 459 g/mol. The molecule has 3 aromatic carbocycles. The molecule has 0 aliphatic carbocycles. The van der Waals surface area contributed by atoms with Crippen LogP contribution in [0.2, 0.25) is 0 Å². The minimum atomic E-state index is -4.54. The maximum Gasteiger partial charge on any atom is 0.416 e. The number of carbonyl (C=O) groups is 2. The standard InChI is InChI=1S/C22H18F3N3O4S/c23-22(24,25)18-11-9-16(10-12-18)20(29)27-28-21(30)17-7-4-8-19(13-17)33(31,32)26-14-15-5-2-1-3-6-15/h1-13,26H,14H2,(H,27,29)(H,28,30). The first-order valence-corrected chi connectivity index (χ1v) is 11.0. The first-order valence-electron chi connectivity index (χ1n) is 9.48. The summed E-state index contributed by atoms with van der Waals surface area (Å²) in [6.07, 6.45) is -4.54. The molecule has 0 spiro atoms. The van der Waals surface area contributed by atoms with Crippen molar-refractivity contribution in [3.05, 3.63) is 101 Å². The summed E-state index contributed by atoms with van der Waals surface area (Å²) in [7, 11) is -3.91. The smallest absolute Gasteiger partial charge is 0.267 e. The number of carbonyl (C=O) groups excluding carboxylic acids is 2. The van der Waals surface area contributed by atoms with Crippen LogP contribution in [0.4, 0.5) is 13.2 Å². The maximum absolute atomic E-state index is 12.6. The highest BCUT2D eigenvalue weighted by Crippen LogP contribution is 2.29. The summed E-state index contributed by atoms with van der Waals surface area (Å²) >= 11 is 0. The molecule has 3 N–H and O–H groups in total. The number of hydrazine groups is 1. The number of amides is 2. The maximum atomic E-state index is 12.6. The number of hydrogen-bond donors (Lipinski definition) is 3. The van der Waals surface area contributed by atoms with E-state index in [1.165, 1.54) is 18.2 Å². The minimum Gasteiger partial charge on any atom is -0.267 e. The number of nitrogens with one attached hydrogen (secondary N) is 3. The molecule has 33 heavy (non-hydrogen) atoms. The van der Waals surface area contributed by atoms with Crippen LogP contribution in [0.1, 0.15) is 31.8 Å². The molecule has 11 heteroatoms. The van der Waals surface area contributed by atoms with Gasteiger partial charge < -0.3 is 0 Å². The van der Waals surface area contributed by atoms with Crippen molar-refractivity contribution >= 4 is 21.8 Å². The van der Waals surface area contributed by atoms with Gasteiger partial charge in [0, 0.05) is 17.7 Å². The van der Waals surface area contributed by atoms with Gasteiger partial charge in [0.05, 0.1) is 10.5 Å². The summed E-state index contributed by atoms with van der Waals surface area (Å²) in [4.78, 5) is 24.3. The monoisotopic (exact) mass is 477 g/mol. The van der Waals surface area contributed by atoms with Crippen molar-refractivity contribution in [3.63, 3.8) is 0 Å². The molecule has 0 saturated heterocycles. The number of rotatable bonds is 6. The van der Waals surface area contributed by atoms with E-state index in [-0.39, 0.29) is 22.6 Å². The fraction of sp³-hybridized carbons (Fsp3) is 0.0909. The summed E-state index contributed by atoms with van der Waals surface area (Å²) < 4.78 is 65.3. The quantitative estimate of drug-likeness (QED) is 0.474. The molecule has 7 nitrogen and oxygen atoms in total. The van der Waals surface area contributed by atoms with Crippen LogP contribution in [0.25, 0.3) is 0 Å². The van der Waals surface area contributed by atoms with Crippen LogP contribution in [-0.4, -0.2) is 20.2 Å². The Hall–Kier alpha value is -3.70. The molecule has 3 aromatic rings. The normalized spacial score (nSPS) is 11.6. The average Bonchev–Trinajstić information content (AvgIpc) is 2.81. The molecule has 0 fully saturated rings. The van der Waals surface area contributed by atoms with Crippen LogP contribution in [0.3, 0.4) is 0 Å². The zero-order chi connectivity index (χ0) is 24.1. The van der Waals surface area contributed by atoms with Gasteiger partial charge in [-0.05, 0) is 48.0 Å². The van der Waals surface area contributed by atoms with E-state index in [0.29, 0.717) is 0 Å². The summed E-state index contributed by atoms with van der Waals surface area (Å²) in [5, 5.41) is 0. The van der Waals surface area contributed by atoms with E-state index >= 15 is 0 Å². The lowest BCUT2D eigenvalue weighted by molar-refractivity contribution is -0.137. The van der Waals surface area contributed by atoms with Crippen molar-refractivity contribution in [2.45, 2.75) is 17.6 Å². The topological polar surface area (TPSA) is 104 Å². The van der Waals surface area contributed by atoms with Gasteiger partial charge in [-0.1, -0.05) is 36.4 Å². The van der Waals surface area contributed by atoms with Gasteiger partial charge in [-0.3, -0.25) is 20.4 Å². The first-order chi connectivity index (χ1) is 15.6. The fourth-order valence-corrected chi connectivity index (χ4v) is 3.79. The Labute approximate surface area is 187 Å². The number of halogens is 3. The molecule has 0 unspecified atom stereocenters. The van der Waals surface area contributed by atoms with E-state index < -0.39 is 33.6 Å². The van der Waals surface area contributed by atoms with E-state index in [2.05, 4.69) is 15.6 Å². The van der Waals surface area contributed by atoms with Gasteiger partial charge in [-0.2, -0.15) is 13.2 Å². The van der Waals surface area contributed by atoms with E-state index in [1.807, 2.05) is 0 Å². The molecule has 0 radical (unpaired) electrons. The van der Waals surface area contributed by atoms with Crippen LogP contribution in [0, 0.1) is 0 Å². The van der Waals surface area contributed by atoms with E-state index in [0.717, 1.165) is 35.9 Å². The van der Waals surface area contributed by atoms with Gasteiger partial charge in [0.25, 0.3) is 11.8 Å². The number of sulfonamides is 1. The molecule has 0 atom stereocenters. The van der Waals surface area contributed by atoms with E-state index in [1.54, 1.807) is 30.3 Å². The second kappa shape index (κ2) is 9.84. The largest absolute Gasteiger partial charge is 0.416 e. The lowest BCUT2D eigenvalue weighted by Gasteiger charge is -2.11. The second-order valence-corrected chi connectivity index (χ2v) is 8.59. The number of hydrogen-bond acceptors (Lipinski definition) is 4. The second-order valence-electron chi connectivity index (χ2n) is 6.82. The van der Waals surface area contributed by atoms with Gasteiger partial charge in [-0.15, -0.1) is 0 Å². The Balaban J connectivity index is 1.62. The highest BCUT2D eigenvalue weighted by molar-refractivity contribution is 7.89. The Kier molecular flexibility index (Phi) is 7.14. The highest BCUT2D eigenvalue weighted by Gasteiger charge is 2.30. The Morgan fingerprint density at radius 1 is 0.758 bits per heavy atom. The molecule has 2 amide bonds. The average molecular weight is 477 g/mol. The van der Waals surface area contributed by atoms with Crippen LogP contribution in [-0.2, 0) is 22.7 Å². The minimum absolute atomic E-state index is 0.0506. The van der Waals surface area contributed by atoms with E-state index in [9.17, 15) is 31.2 Å². The van der Waals surface area contributed by atoms with Crippen LogP contribution >= 0.6 is 0 Å². The molecule has 0 aliphatic heterocycles. The summed E-state index contributed by atoms with van der Waals surface area (Å²) in [5.41, 5.74) is 3.86. The van der Waals surface area contributed by atoms with E-state index in [4.69, 9.17) is 0 Å². The van der Waals surface area contributed by atoms with Crippen molar-refractivity contribution in [2.24, 2.45) is 0 Å². The third-order valence-electron chi connectivity index (χ3n) is 4.48. The lowest BCUT2D eigenvalue weighted by atomic mass is 10.1. The van der Waals surface area contributed by atoms with Crippen LogP contribution in [0.5, 0.6) is 0 Å². The molecular formula is C22H18F3N3O4S. The molecule has 0 bridgehead atoms. The van der Waals surface area contributed by atoms with Gasteiger partial charge in [-0.25, -0.2) is 13.1 Å². The summed E-state index contributed by atoms with van der Waals surface area (Å²) in [6, 6.07) is 17.4. The lowest BCUT2D eigenvalue weighted by Crippen LogP contribution is -2.41. The fourth-order valence-electron chi connectivity index (χ4n) is 2.73. The van der Waals surface area contributed by atoms with Crippen molar-refractivity contribution < 1.29 is 31.2 Å². The van der Waals surface area contributed by atoms with Crippen molar-refractivity contribution in [1.82, 2.24) is 15.6 Å². The van der Waals surface area contributed by atoms with Gasteiger partial charge in [0.2, 0.25) is 10.0 Å². The number of benzene rings is 3. The third kappa shape index (κ3) is 6.40. The SMILES string of the molecule is O=C(NNC(=O)c1cccc(S(=O)(=O)NCc2ccccc2)c1)c1ccc(C(F)(F)F)cc1. The summed E-state index contributed by atoms with van der Waals surface area (Å²) in [5.74, 6) is -1.65. The first kappa shape index (κ1) is 24.0. The zero-order valence-electron chi connectivity index (χ0n) is 16.9. The molecule has 3 rings (SSSR count). The highest BCUT2D eigenvalue weighted by atomic mass is 32.2. The predicted molar refractivity (Wildman–Crippen MR) is 113 cm³/mol. The van der Waals surface area contributed by atoms with Gasteiger partial charge in [0.1, 0.15) is 0 Å². The van der Waals surface area contributed by atoms with Crippen molar-refractivity contribution in [1.29, 1.82) is 0 Å².